The predicted molar refractivity (Wildman–Crippen MR) is 114 cm³/mol. The van der Waals surface area contributed by atoms with Crippen molar-refractivity contribution in [2.24, 2.45) is 5.92 Å². The number of rotatable bonds is 8. The number of amides is 2. The zero-order chi connectivity index (χ0) is 20.8. The fourth-order valence-corrected chi connectivity index (χ4v) is 4.80. The molecule has 0 spiro atoms. The molecule has 30 heavy (non-hydrogen) atoms. The molecule has 2 aromatic rings. The molecule has 0 aromatic carbocycles. The third-order valence-corrected chi connectivity index (χ3v) is 6.78. The van der Waals surface area contributed by atoms with Gasteiger partial charge in [-0.3, -0.25) is 14.5 Å². The minimum atomic E-state index is -0.0130. The van der Waals surface area contributed by atoms with Crippen LogP contribution in [0.4, 0.5) is 0 Å². The number of piperazine rings is 1. The number of hydrogen-bond donors (Lipinski definition) is 1. The fourth-order valence-electron chi connectivity index (χ4n) is 4.15. The van der Waals surface area contributed by atoms with Gasteiger partial charge in [-0.15, -0.1) is 11.3 Å². The minimum Gasteiger partial charge on any atom is -0.355 e. The first-order valence-corrected chi connectivity index (χ1v) is 11.7. The van der Waals surface area contributed by atoms with E-state index in [0.29, 0.717) is 37.0 Å². The van der Waals surface area contributed by atoms with Crippen LogP contribution in [0.2, 0.25) is 0 Å². The smallest absolute Gasteiger partial charge is 0.227 e. The van der Waals surface area contributed by atoms with Gasteiger partial charge in [-0.2, -0.15) is 4.98 Å². The molecular formula is C21H29N5O3S. The third kappa shape index (κ3) is 5.46. The zero-order valence-electron chi connectivity index (χ0n) is 17.2. The van der Waals surface area contributed by atoms with E-state index in [4.69, 9.17) is 4.52 Å². The number of aryl methyl sites for hydroxylation is 1. The minimum absolute atomic E-state index is 0.0130. The molecule has 0 atom stereocenters. The molecule has 8 nitrogen and oxygen atoms in total. The van der Waals surface area contributed by atoms with Gasteiger partial charge in [0.05, 0.1) is 4.88 Å². The van der Waals surface area contributed by atoms with E-state index in [-0.39, 0.29) is 11.8 Å². The summed E-state index contributed by atoms with van der Waals surface area (Å²) in [5, 5.41) is 8.89. The molecule has 2 aliphatic rings. The van der Waals surface area contributed by atoms with Crippen LogP contribution >= 0.6 is 11.3 Å². The Labute approximate surface area is 180 Å². The maximum absolute atomic E-state index is 12.5. The Morgan fingerprint density at radius 3 is 2.73 bits per heavy atom. The van der Waals surface area contributed by atoms with E-state index in [2.05, 4.69) is 20.4 Å². The van der Waals surface area contributed by atoms with E-state index in [0.717, 1.165) is 50.4 Å². The molecule has 1 N–H and O–H groups in total. The van der Waals surface area contributed by atoms with Crippen molar-refractivity contribution >= 4 is 23.2 Å². The van der Waals surface area contributed by atoms with Crippen LogP contribution in [0.3, 0.4) is 0 Å². The number of nitrogens with zero attached hydrogens (tertiary/aromatic N) is 4. The maximum Gasteiger partial charge on any atom is 0.227 e. The Morgan fingerprint density at radius 2 is 2.00 bits per heavy atom. The van der Waals surface area contributed by atoms with Gasteiger partial charge in [0.25, 0.3) is 0 Å². The number of nitrogens with one attached hydrogen (secondary N) is 1. The van der Waals surface area contributed by atoms with Crippen LogP contribution < -0.4 is 5.32 Å². The molecule has 1 saturated carbocycles. The molecule has 1 saturated heterocycles. The highest BCUT2D eigenvalue weighted by Crippen LogP contribution is 2.27. The van der Waals surface area contributed by atoms with Gasteiger partial charge in [0.2, 0.25) is 23.5 Å². The maximum atomic E-state index is 12.5. The summed E-state index contributed by atoms with van der Waals surface area (Å²) >= 11 is 1.56. The molecule has 1 aliphatic carbocycles. The predicted octanol–water partition coefficient (Wildman–Crippen LogP) is 2.18. The van der Waals surface area contributed by atoms with Crippen LogP contribution in [0.15, 0.2) is 22.0 Å². The van der Waals surface area contributed by atoms with E-state index < -0.39 is 0 Å². The lowest BCUT2D eigenvalue weighted by atomic mass is 10.1. The fraction of sp³-hybridized carbons (Fsp3) is 0.619. The van der Waals surface area contributed by atoms with Crippen molar-refractivity contribution in [2.75, 3.05) is 39.3 Å². The molecule has 162 valence electrons. The standard InChI is InChI=1S/C21H29N5O3S/c27-18(7-8-19-23-20(24-29-19)17-6-3-15-30-17)22-9-10-25-11-13-26(14-12-25)21(28)16-4-1-2-5-16/h3,6,15-16H,1-2,4-5,7-14H2,(H,22,27). The summed E-state index contributed by atoms with van der Waals surface area (Å²) in [7, 11) is 0. The molecule has 2 aromatic heterocycles. The van der Waals surface area contributed by atoms with Crippen molar-refractivity contribution in [1.29, 1.82) is 0 Å². The lowest BCUT2D eigenvalue weighted by Gasteiger charge is -2.36. The van der Waals surface area contributed by atoms with Gasteiger partial charge in [-0.05, 0) is 24.3 Å². The highest BCUT2D eigenvalue weighted by atomic mass is 32.1. The monoisotopic (exact) mass is 431 g/mol. The van der Waals surface area contributed by atoms with E-state index in [1.54, 1.807) is 11.3 Å². The summed E-state index contributed by atoms with van der Waals surface area (Å²) in [6.07, 6.45) is 5.27. The van der Waals surface area contributed by atoms with Gasteiger partial charge in [-0.1, -0.05) is 24.1 Å². The Hall–Kier alpha value is -2.26. The molecule has 0 bridgehead atoms. The van der Waals surface area contributed by atoms with Gasteiger partial charge >= 0.3 is 0 Å². The van der Waals surface area contributed by atoms with Crippen LogP contribution in [0.5, 0.6) is 0 Å². The van der Waals surface area contributed by atoms with Gasteiger partial charge in [0.15, 0.2) is 0 Å². The second kappa shape index (κ2) is 10.2. The van der Waals surface area contributed by atoms with Crippen LogP contribution in [0.25, 0.3) is 10.7 Å². The Bertz CT molecular complexity index is 824. The topological polar surface area (TPSA) is 91.6 Å². The lowest BCUT2D eigenvalue weighted by molar-refractivity contribution is -0.137. The highest BCUT2D eigenvalue weighted by molar-refractivity contribution is 7.13. The van der Waals surface area contributed by atoms with Gasteiger partial charge in [0.1, 0.15) is 0 Å². The van der Waals surface area contributed by atoms with Crippen molar-refractivity contribution in [1.82, 2.24) is 25.3 Å². The quantitative estimate of drug-likeness (QED) is 0.689. The zero-order valence-corrected chi connectivity index (χ0v) is 18.0. The van der Waals surface area contributed by atoms with E-state index >= 15 is 0 Å². The summed E-state index contributed by atoms with van der Waals surface area (Å²) in [4.78, 5) is 34.2. The van der Waals surface area contributed by atoms with Gasteiger partial charge in [-0.25, -0.2) is 0 Å². The average Bonchev–Trinajstić information content (AvgIpc) is 3.54. The third-order valence-electron chi connectivity index (χ3n) is 5.91. The highest BCUT2D eigenvalue weighted by Gasteiger charge is 2.29. The normalized spacial score (nSPS) is 18.1. The number of hydrogen-bond acceptors (Lipinski definition) is 7. The van der Waals surface area contributed by atoms with E-state index in [1.165, 1.54) is 12.8 Å². The Kier molecular flexibility index (Phi) is 7.11. The van der Waals surface area contributed by atoms with Gasteiger partial charge in [0, 0.05) is 58.0 Å². The van der Waals surface area contributed by atoms with Crippen molar-refractivity contribution in [2.45, 2.75) is 38.5 Å². The number of carbonyl (C=O) groups is 2. The number of thiophene rings is 1. The van der Waals surface area contributed by atoms with Crippen molar-refractivity contribution in [3.05, 3.63) is 23.4 Å². The molecule has 2 amide bonds. The van der Waals surface area contributed by atoms with Crippen molar-refractivity contribution < 1.29 is 14.1 Å². The molecule has 3 heterocycles. The van der Waals surface area contributed by atoms with Crippen molar-refractivity contribution in [3.63, 3.8) is 0 Å². The van der Waals surface area contributed by atoms with Crippen molar-refractivity contribution in [3.8, 4) is 10.7 Å². The van der Waals surface area contributed by atoms with E-state index in [9.17, 15) is 9.59 Å². The van der Waals surface area contributed by atoms with Gasteiger partial charge < -0.3 is 14.7 Å². The summed E-state index contributed by atoms with van der Waals surface area (Å²) in [5.74, 6) is 1.66. The summed E-state index contributed by atoms with van der Waals surface area (Å²) < 4.78 is 5.23. The second-order valence-electron chi connectivity index (χ2n) is 7.99. The molecule has 0 unspecified atom stereocenters. The first-order valence-electron chi connectivity index (χ1n) is 10.8. The second-order valence-corrected chi connectivity index (χ2v) is 8.93. The van der Waals surface area contributed by atoms with Crippen LogP contribution in [0.1, 0.15) is 38.0 Å². The first kappa shape index (κ1) is 21.0. The Balaban J connectivity index is 1.10. The summed E-state index contributed by atoms with van der Waals surface area (Å²) in [5.41, 5.74) is 0. The average molecular weight is 432 g/mol. The molecule has 9 heteroatoms. The molecule has 1 aliphatic heterocycles. The molecule has 0 radical (unpaired) electrons. The lowest BCUT2D eigenvalue weighted by Crippen LogP contribution is -2.51. The van der Waals surface area contributed by atoms with Crippen LogP contribution in [-0.4, -0.2) is 71.0 Å². The first-order chi connectivity index (χ1) is 14.7. The van der Waals surface area contributed by atoms with E-state index in [1.807, 2.05) is 22.4 Å². The summed E-state index contributed by atoms with van der Waals surface area (Å²) in [6.45, 7) is 4.77. The summed E-state index contributed by atoms with van der Waals surface area (Å²) in [6, 6.07) is 3.88. The molecule has 4 rings (SSSR count). The molecular weight excluding hydrogens is 402 g/mol. The number of carbonyl (C=O) groups excluding carboxylic acids is 2. The SMILES string of the molecule is O=C(CCc1nc(-c2cccs2)no1)NCCN1CCN(C(=O)C2CCCC2)CC1. The Morgan fingerprint density at radius 1 is 1.20 bits per heavy atom. The number of aromatic nitrogens is 2. The van der Waals surface area contributed by atoms with Crippen LogP contribution in [-0.2, 0) is 16.0 Å². The molecule has 2 fully saturated rings. The van der Waals surface area contributed by atoms with Crippen LogP contribution in [0, 0.1) is 5.92 Å². The largest absolute Gasteiger partial charge is 0.355 e.